The van der Waals surface area contributed by atoms with Gasteiger partial charge in [-0.15, -0.1) is 0 Å². The number of halogens is 1. The van der Waals surface area contributed by atoms with Crippen LogP contribution in [0.25, 0.3) is 0 Å². The summed E-state index contributed by atoms with van der Waals surface area (Å²) in [5, 5.41) is 0.630. The molecular weight excluding hydrogens is 248 g/mol. The number of carbonyl (C=O) groups is 1. The van der Waals surface area contributed by atoms with Crippen LogP contribution < -0.4 is 0 Å². The third kappa shape index (κ3) is 2.82. The molecule has 0 saturated carbocycles. The summed E-state index contributed by atoms with van der Waals surface area (Å²) in [6.45, 7) is -0.0184. The molecule has 4 heteroatoms. The van der Waals surface area contributed by atoms with E-state index in [0.29, 0.717) is 10.9 Å². The fraction of sp³-hybridized carbons (Fsp3) is 0.300. The maximum absolute atomic E-state index is 11.5. The molecule has 0 aliphatic rings. The van der Waals surface area contributed by atoms with E-state index >= 15 is 0 Å². The summed E-state index contributed by atoms with van der Waals surface area (Å²) in [6, 6.07) is 7.28. The number of hydrogen-bond acceptors (Lipinski definition) is 3. The van der Waals surface area contributed by atoms with E-state index < -0.39 is 0 Å². The molecule has 14 heavy (non-hydrogen) atoms. The molecule has 0 heterocycles. The molecule has 0 spiro atoms. The number of alkyl halides is 1. The molecule has 0 amide bonds. The Hall–Kier alpha value is -0.870. The Balaban J connectivity index is 2.78. The second-order valence-corrected chi connectivity index (χ2v) is 3.19. The molecule has 76 valence electrons. The van der Waals surface area contributed by atoms with Gasteiger partial charge in [-0.05, 0) is 11.6 Å². The lowest BCUT2D eigenvalue weighted by Gasteiger charge is -2.06. The number of methoxy groups -OCH3 is 1. The lowest BCUT2D eigenvalue weighted by molar-refractivity contribution is -0.0125. The van der Waals surface area contributed by atoms with Crippen LogP contribution in [0.5, 0.6) is 0 Å². The number of rotatable bonds is 4. The maximum atomic E-state index is 11.5. The topological polar surface area (TPSA) is 35.5 Å². The van der Waals surface area contributed by atoms with Gasteiger partial charge < -0.3 is 9.47 Å². The van der Waals surface area contributed by atoms with Crippen molar-refractivity contribution in [3.8, 4) is 0 Å². The molecule has 1 rings (SSSR count). The Labute approximate surface area is 91.1 Å². The molecule has 0 aromatic heterocycles. The highest BCUT2D eigenvalue weighted by molar-refractivity contribution is 9.08. The van der Waals surface area contributed by atoms with Crippen LogP contribution >= 0.6 is 15.9 Å². The fourth-order valence-electron chi connectivity index (χ4n) is 1.03. The van der Waals surface area contributed by atoms with Gasteiger partial charge in [0.15, 0.2) is 6.79 Å². The van der Waals surface area contributed by atoms with Crippen molar-refractivity contribution in [2.45, 2.75) is 5.33 Å². The van der Waals surface area contributed by atoms with Crippen molar-refractivity contribution >= 4 is 21.9 Å². The zero-order valence-corrected chi connectivity index (χ0v) is 9.41. The molecular formula is C10H11BrO3. The highest BCUT2D eigenvalue weighted by atomic mass is 79.9. The van der Waals surface area contributed by atoms with E-state index in [-0.39, 0.29) is 12.8 Å². The van der Waals surface area contributed by atoms with Gasteiger partial charge in [0.2, 0.25) is 0 Å². The summed E-state index contributed by atoms with van der Waals surface area (Å²) < 4.78 is 9.49. The van der Waals surface area contributed by atoms with E-state index in [4.69, 9.17) is 4.74 Å². The lowest BCUT2D eigenvalue weighted by Crippen LogP contribution is -2.09. The number of esters is 1. The number of hydrogen-bond donors (Lipinski definition) is 0. The second-order valence-electron chi connectivity index (χ2n) is 2.63. The van der Waals surface area contributed by atoms with E-state index in [9.17, 15) is 4.79 Å². The number of benzene rings is 1. The van der Waals surface area contributed by atoms with Crippen LogP contribution in [-0.4, -0.2) is 19.9 Å². The molecule has 0 N–H and O–H groups in total. The first kappa shape index (κ1) is 11.2. The highest BCUT2D eigenvalue weighted by Gasteiger charge is 2.10. The molecule has 0 atom stereocenters. The van der Waals surface area contributed by atoms with Gasteiger partial charge in [-0.3, -0.25) is 0 Å². The molecule has 0 unspecified atom stereocenters. The smallest absolute Gasteiger partial charge is 0.340 e. The molecule has 1 aromatic rings. The van der Waals surface area contributed by atoms with E-state index in [1.807, 2.05) is 12.1 Å². The predicted molar refractivity (Wildman–Crippen MR) is 56.4 cm³/mol. The van der Waals surface area contributed by atoms with Crippen LogP contribution in [0.1, 0.15) is 15.9 Å². The van der Waals surface area contributed by atoms with Crippen LogP contribution in [0.15, 0.2) is 24.3 Å². The number of ether oxygens (including phenoxy) is 2. The Bertz CT molecular complexity index is 312. The SMILES string of the molecule is COCOC(=O)c1ccccc1CBr. The van der Waals surface area contributed by atoms with Crippen molar-refractivity contribution in [1.29, 1.82) is 0 Å². The summed E-state index contributed by atoms with van der Waals surface area (Å²) in [5.41, 5.74) is 1.48. The third-order valence-electron chi connectivity index (χ3n) is 1.69. The van der Waals surface area contributed by atoms with Gasteiger partial charge in [0.25, 0.3) is 0 Å². The van der Waals surface area contributed by atoms with E-state index in [1.165, 1.54) is 7.11 Å². The highest BCUT2D eigenvalue weighted by Crippen LogP contribution is 2.13. The van der Waals surface area contributed by atoms with Crippen LogP contribution in [0.2, 0.25) is 0 Å². The first-order chi connectivity index (χ1) is 6.79. The zero-order chi connectivity index (χ0) is 10.4. The second kappa shape index (κ2) is 5.78. The molecule has 0 aliphatic carbocycles. The summed E-state index contributed by atoms with van der Waals surface area (Å²) in [4.78, 5) is 11.5. The van der Waals surface area contributed by atoms with Gasteiger partial charge in [-0.25, -0.2) is 4.79 Å². The van der Waals surface area contributed by atoms with Crippen molar-refractivity contribution < 1.29 is 14.3 Å². The summed E-state index contributed by atoms with van der Waals surface area (Å²) in [5.74, 6) is -0.359. The standard InChI is InChI=1S/C10H11BrO3/c1-13-7-14-10(12)9-5-3-2-4-8(9)6-11/h2-5H,6-7H2,1H3. The van der Waals surface area contributed by atoms with Crippen LogP contribution in [0, 0.1) is 0 Å². The normalized spacial score (nSPS) is 9.86. The van der Waals surface area contributed by atoms with Gasteiger partial charge in [-0.2, -0.15) is 0 Å². The lowest BCUT2D eigenvalue weighted by atomic mass is 10.1. The summed E-state index contributed by atoms with van der Waals surface area (Å²) in [6.07, 6.45) is 0. The van der Waals surface area contributed by atoms with Crippen molar-refractivity contribution in [1.82, 2.24) is 0 Å². The number of carbonyl (C=O) groups excluding carboxylic acids is 1. The average Bonchev–Trinajstić information content (AvgIpc) is 2.25. The fourth-order valence-corrected chi connectivity index (χ4v) is 1.52. The molecule has 3 nitrogen and oxygen atoms in total. The maximum Gasteiger partial charge on any atom is 0.340 e. The van der Waals surface area contributed by atoms with Gasteiger partial charge in [0.1, 0.15) is 0 Å². The van der Waals surface area contributed by atoms with Crippen LogP contribution in [-0.2, 0) is 14.8 Å². The Morgan fingerprint density at radius 3 is 2.79 bits per heavy atom. The van der Waals surface area contributed by atoms with E-state index in [2.05, 4.69) is 20.7 Å². The van der Waals surface area contributed by atoms with Gasteiger partial charge in [-0.1, -0.05) is 34.1 Å². The zero-order valence-electron chi connectivity index (χ0n) is 7.83. The quantitative estimate of drug-likeness (QED) is 0.473. The molecule has 0 aliphatic heterocycles. The third-order valence-corrected chi connectivity index (χ3v) is 2.29. The first-order valence-electron chi connectivity index (χ1n) is 4.09. The minimum Gasteiger partial charge on any atom is -0.435 e. The van der Waals surface area contributed by atoms with E-state index in [1.54, 1.807) is 12.1 Å². The van der Waals surface area contributed by atoms with Gasteiger partial charge >= 0.3 is 5.97 Å². The predicted octanol–water partition coefficient (Wildman–Crippen LogP) is 2.34. The van der Waals surface area contributed by atoms with Crippen molar-refractivity contribution in [2.24, 2.45) is 0 Å². The largest absolute Gasteiger partial charge is 0.435 e. The Morgan fingerprint density at radius 1 is 1.43 bits per heavy atom. The summed E-state index contributed by atoms with van der Waals surface area (Å²) >= 11 is 3.31. The van der Waals surface area contributed by atoms with Gasteiger partial charge in [0.05, 0.1) is 5.56 Å². The monoisotopic (exact) mass is 258 g/mol. The molecule has 0 bridgehead atoms. The minimum atomic E-state index is -0.359. The van der Waals surface area contributed by atoms with Crippen LogP contribution in [0.4, 0.5) is 0 Å². The van der Waals surface area contributed by atoms with Crippen LogP contribution in [0.3, 0.4) is 0 Å². The molecule has 0 fully saturated rings. The van der Waals surface area contributed by atoms with Crippen molar-refractivity contribution in [3.63, 3.8) is 0 Å². The van der Waals surface area contributed by atoms with Crippen molar-refractivity contribution in [2.75, 3.05) is 13.9 Å². The first-order valence-corrected chi connectivity index (χ1v) is 5.21. The average molecular weight is 259 g/mol. The van der Waals surface area contributed by atoms with Gasteiger partial charge in [0, 0.05) is 12.4 Å². The van der Waals surface area contributed by atoms with Crippen molar-refractivity contribution in [3.05, 3.63) is 35.4 Å². The Kier molecular flexibility index (Phi) is 4.62. The minimum absolute atomic E-state index is 0.0184. The Morgan fingerprint density at radius 2 is 2.14 bits per heavy atom. The van der Waals surface area contributed by atoms with E-state index in [0.717, 1.165) is 5.56 Å². The summed E-state index contributed by atoms with van der Waals surface area (Å²) in [7, 11) is 1.48. The molecule has 1 aromatic carbocycles. The molecule has 0 radical (unpaired) electrons. The molecule has 0 saturated heterocycles.